The fraction of sp³-hybridized carbons (Fsp3) is 0.933. The second-order valence-corrected chi connectivity index (χ2v) is 11.8. The molecule has 3 atom stereocenters. The van der Waals surface area contributed by atoms with Crippen molar-refractivity contribution in [1.82, 2.24) is 16.0 Å². The van der Waals surface area contributed by atoms with E-state index in [1.54, 1.807) is 0 Å². The van der Waals surface area contributed by atoms with Gasteiger partial charge in [0.1, 0.15) is 0 Å². The van der Waals surface area contributed by atoms with Crippen LogP contribution in [0.4, 0.5) is 4.79 Å². The molecule has 46 heavy (non-hydrogen) atoms. The van der Waals surface area contributed by atoms with Crippen LogP contribution in [0.5, 0.6) is 0 Å². The van der Waals surface area contributed by atoms with E-state index in [2.05, 4.69) is 16.0 Å². The molecule has 0 aliphatic carbocycles. The molecular weight excluding hydrogens is 624 g/mol. The van der Waals surface area contributed by atoms with Crippen molar-refractivity contribution in [2.24, 2.45) is 5.73 Å². The summed E-state index contributed by atoms with van der Waals surface area (Å²) in [6, 6.07) is 0.414. The Morgan fingerprint density at radius 3 is 1.54 bits per heavy atom. The van der Waals surface area contributed by atoms with Gasteiger partial charge in [-0.05, 0) is 12.8 Å². The zero-order chi connectivity index (χ0) is 32.8. The van der Waals surface area contributed by atoms with Gasteiger partial charge in [0, 0.05) is 30.5 Å². The fourth-order valence-corrected chi connectivity index (χ4v) is 6.11. The highest BCUT2D eigenvalue weighted by atomic mass is 32.2. The van der Waals surface area contributed by atoms with Crippen molar-refractivity contribution < 1.29 is 52.2 Å². The van der Waals surface area contributed by atoms with Crippen LogP contribution in [0.3, 0.4) is 0 Å². The summed E-state index contributed by atoms with van der Waals surface area (Å²) in [6.45, 7) is 10.1. The van der Waals surface area contributed by atoms with Crippen LogP contribution in [-0.4, -0.2) is 167 Å². The van der Waals surface area contributed by atoms with Crippen molar-refractivity contribution in [3.63, 3.8) is 0 Å². The van der Waals surface area contributed by atoms with Gasteiger partial charge >= 0.3 is 6.03 Å². The number of ether oxygens (including phenoxy) is 9. The standard InChI is InChI=1S/C30H58N4O11S/c31-5-7-37-9-11-39-13-15-41-17-19-43-21-23-45-24-22-44-20-18-42-16-14-40-12-10-38-8-6-32-28(35)4-2-1-3-27-29-26(25-46-27)33-30(36)34-29/h26-27,29H,1-25,31H2,(H,32,35)(H2,33,34,36)/t26-,27+,29+/m1/s1. The molecule has 0 saturated carbocycles. The Bertz CT molecular complexity index is 747. The first-order valence-corrected chi connectivity index (χ1v) is 17.6. The molecule has 2 aliphatic heterocycles. The van der Waals surface area contributed by atoms with Gasteiger partial charge in [-0.15, -0.1) is 0 Å². The van der Waals surface area contributed by atoms with Crippen LogP contribution in [0.15, 0.2) is 0 Å². The average Bonchev–Trinajstić information content (AvgIpc) is 3.61. The van der Waals surface area contributed by atoms with Crippen LogP contribution in [-0.2, 0) is 47.4 Å². The van der Waals surface area contributed by atoms with Crippen LogP contribution in [0.2, 0.25) is 0 Å². The van der Waals surface area contributed by atoms with Crippen LogP contribution in [0, 0.1) is 0 Å². The van der Waals surface area contributed by atoms with Crippen LogP contribution in [0.1, 0.15) is 25.7 Å². The predicted octanol–water partition coefficient (Wildman–Crippen LogP) is -0.0635. The molecule has 2 aliphatic rings. The van der Waals surface area contributed by atoms with E-state index in [1.807, 2.05) is 11.8 Å². The minimum absolute atomic E-state index is 0.0453. The summed E-state index contributed by atoms with van der Waals surface area (Å²) >= 11 is 1.90. The molecule has 2 fully saturated rings. The topological polar surface area (TPSA) is 179 Å². The van der Waals surface area contributed by atoms with Crippen LogP contribution in [0.25, 0.3) is 0 Å². The van der Waals surface area contributed by atoms with Crippen molar-refractivity contribution in [2.75, 3.05) is 138 Å². The van der Waals surface area contributed by atoms with Gasteiger partial charge in [-0.2, -0.15) is 11.8 Å². The monoisotopic (exact) mass is 682 g/mol. The van der Waals surface area contributed by atoms with Crippen molar-refractivity contribution in [3.8, 4) is 0 Å². The number of urea groups is 1. The lowest BCUT2D eigenvalue weighted by molar-refractivity contribution is -0.121. The van der Waals surface area contributed by atoms with Gasteiger partial charge in [0.2, 0.25) is 5.91 Å². The molecule has 0 aromatic heterocycles. The minimum atomic E-state index is -0.0592. The summed E-state index contributed by atoms with van der Waals surface area (Å²) in [6.07, 6.45) is 3.35. The first kappa shape index (κ1) is 40.9. The van der Waals surface area contributed by atoms with Crippen molar-refractivity contribution in [1.29, 1.82) is 0 Å². The van der Waals surface area contributed by atoms with E-state index >= 15 is 0 Å². The molecule has 3 amide bonds. The summed E-state index contributed by atoms with van der Waals surface area (Å²) in [7, 11) is 0. The SMILES string of the molecule is NCCOCCOCCOCCOCCOCCOCCOCCOCCOCCNC(=O)CCCC[C@@H]1SC[C@H]2NC(=O)N[C@H]12. The second kappa shape index (κ2) is 29.8. The third-order valence-corrected chi connectivity index (χ3v) is 8.40. The number of unbranched alkanes of at least 4 members (excludes halogenated alkanes) is 1. The molecule has 0 unspecified atom stereocenters. The molecule has 270 valence electrons. The number of hydrogen-bond donors (Lipinski definition) is 4. The van der Waals surface area contributed by atoms with Crippen molar-refractivity contribution in [3.05, 3.63) is 0 Å². The van der Waals surface area contributed by atoms with E-state index in [-0.39, 0.29) is 24.0 Å². The largest absolute Gasteiger partial charge is 0.378 e. The average molecular weight is 683 g/mol. The quantitative estimate of drug-likeness (QED) is 0.0524. The molecule has 0 aromatic rings. The molecule has 0 radical (unpaired) electrons. The van der Waals surface area contributed by atoms with Crippen molar-refractivity contribution >= 4 is 23.7 Å². The van der Waals surface area contributed by atoms with E-state index in [9.17, 15) is 9.59 Å². The molecule has 2 saturated heterocycles. The van der Waals surface area contributed by atoms with Gasteiger partial charge in [0.15, 0.2) is 0 Å². The highest BCUT2D eigenvalue weighted by molar-refractivity contribution is 8.00. The van der Waals surface area contributed by atoms with E-state index in [4.69, 9.17) is 48.4 Å². The number of thioether (sulfide) groups is 1. The number of fused-ring (bicyclic) bond motifs is 1. The van der Waals surface area contributed by atoms with Gasteiger partial charge in [-0.1, -0.05) is 6.42 Å². The molecule has 0 aromatic carbocycles. The summed E-state index contributed by atoms with van der Waals surface area (Å²) < 4.78 is 48.8. The van der Waals surface area contributed by atoms with Gasteiger partial charge in [0.05, 0.1) is 131 Å². The molecule has 15 nitrogen and oxygen atoms in total. The number of hydrogen-bond acceptors (Lipinski definition) is 13. The maximum atomic E-state index is 12.0. The Hall–Kier alpha value is -1.31. The Morgan fingerprint density at radius 1 is 0.652 bits per heavy atom. The Morgan fingerprint density at radius 2 is 1.09 bits per heavy atom. The van der Waals surface area contributed by atoms with Gasteiger partial charge in [-0.3, -0.25) is 4.79 Å². The molecule has 0 spiro atoms. The summed E-state index contributed by atoms with van der Waals surface area (Å²) in [4.78, 5) is 23.5. The lowest BCUT2D eigenvalue weighted by Gasteiger charge is -2.16. The lowest BCUT2D eigenvalue weighted by Crippen LogP contribution is -2.36. The first-order valence-electron chi connectivity index (χ1n) is 16.6. The molecule has 5 N–H and O–H groups in total. The predicted molar refractivity (Wildman–Crippen MR) is 173 cm³/mol. The van der Waals surface area contributed by atoms with Crippen LogP contribution < -0.4 is 21.7 Å². The number of rotatable bonds is 34. The summed E-state index contributed by atoms with van der Waals surface area (Å²) in [5, 5.41) is 9.28. The highest BCUT2D eigenvalue weighted by Gasteiger charge is 2.42. The number of carbonyl (C=O) groups is 2. The van der Waals surface area contributed by atoms with Crippen LogP contribution >= 0.6 is 11.8 Å². The minimum Gasteiger partial charge on any atom is -0.378 e. The molecule has 2 heterocycles. The van der Waals surface area contributed by atoms with E-state index in [0.29, 0.717) is 144 Å². The van der Waals surface area contributed by atoms with E-state index in [0.717, 1.165) is 25.0 Å². The summed E-state index contributed by atoms with van der Waals surface area (Å²) in [5.41, 5.74) is 5.33. The molecule has 2 rings (SSSR count). The van der Waals surface area contributed by atoms with Gasteiger partial charge < -0.3 is 64.3 Å². The highest BCUT2D eigenvalue weighted by Crippen LogP contribution is 2.33. The fourth-order valence-electron chi connectivity index (χ4n) is 4.57. The number of nitrogens with two attached hydrogens (primary N) is 1. The Kier molecular flexibility index (Phi) is 26.5. The molecular formula is C30H58N4O11S. The molecule has 0 bridgehead atoms. The third-order valence-electron chi connectivity index (χ3n) is 6.89. The van der Waals surface area contributed by atoms with Crippen molar-refractivity contribution in [2.45, 2.75) is 43.0 Å². The Labute approximate surface area is 278 Å². The number of carbonyl (C=O) groups excluding carboxylic acids is 2. The normalized spacial score (nSPS) is 18.9. The molecule has 16 heteroatoms. The van der Waals surface area contributed by atoms with E-state index in [1.165, 1.54) is 0 Å². The maximum Gasteiger partial charge on any atom is 0.315 e. The Balaban J connectivity index is 1.17. The zero-order valence-corrected chi connectivity index (χ0v) is 28.2. The first-order chi connectivity index (χ1) is 22.7. The van der Waals surface area contributed by atoms with E-state index < -0.39 is 0 Å². The smallest absolute Gasteiger partial charge is 0.315 e. The number of amides is 3. The maximum absolute atomic E-state index is 12.0. The number of nitrogens with one attached hydrogen (secondary N) is 3. The van der Waals surface area contributed by atoms with Gasteiger partial charge in [-0.25, -0.2) is 4.79 Å². The summed E-state index contributed by atoms with van der Waals surface area (Å²) in [5.74, 6) is 1.01. The second-order valence-electron chi connectivity index (χ2n) is 10.5. The van der Waals surface area contributed by atoms with Gasteiger partial charge in [0.25, 0.3) is 0 Å². The lowest BCUT2D eigenvalue weighted by atomic mass is 10.0. The zero-order valence-electron chi connectivity index (χ0n) is 27.4. The third kappa shape index (κ3) is 22.3.